The summed E-state index contributed by atoms with van der Waals surface area (Å²) >= 11 is 0. The topological polar surface area (TPSA) is 72.9 Å². The van der Waals surface area contributed by atoms with Crippen molar-refractivity contribution in [1.82, 2.24) is 4.90 Å². The van der Waals surface area contributed by atoms with Crippen molar-refractivity contribution in [3.8, 4) is 0 Å². The molecule has 0 fully saturated rings. The lowest BCUT2D eigenvalue weighted by atomic mass is 10.2. The SMILES string of the molecule is C[Si](C)(C)CCOC(=O)N1CC=CCC1OS(=O)(=O)C(F)(F)F. The molecule has 0 N–H and O–H groups in total. The third-order valence-electron chi connectivity index (χ3n) is 2.99. The van der Waals surface area contributed by atoms with Crippen LogP contribution in [0.4, 0.5) is 18.0 Å². The first-order valence-electron chi connectivity index (χ1n) is 6.91. The van der Waals surface area contributed by atoms with E-state index < -0.39 is 36.0 Å². The molecule has 0 radical (unpaired) electrons. The predicted molar refractivity (Wildman–Crippen MR) is 79.8 cm³/mol. The number of halogens is 3. The fraction of sp³-hybridized carbons (Fsp3) is 0.750. The summed E-state index contributed by atoms with van der Waals surface area (Å²) in [6.07, 6.45) is 0.349. The van der Waals surface area contributed by atoms with E-state index in [4.69, 9.17) is 4.74 Å². The molecular weight excluding hydrogens is 355 g/mol. The second-order valence-corrected chi connectivity index (χ2v) is 13.4. The van der Waals surface area contributed by atoms with Crippen LogP contribution in [0.15, 0.2) is 12.2 Å². The van der Waals surface area contributed by atoms with Gasteiger partial charge in [0.05, 0.1) is 6.61 Å². The normalized spacial score (nSPS) is 19.7. The molecule has 1 rings (SSSR count). The van der Waals surface area contributed by atoms with Crippen LogP contribution in [0.2, 0.25) is 25.7 Å². The number of alkyl halides is 3. The summed E-state index contributed by atoms with van der Waals surface area (Å²) < 4.78 is 68.5. The molecule has 1 atom stereocenters. The first-order chi connectivity index (χ1) is 10.3. The van der Waals surface area contributed by atoms with Crippen LogP contribution in [0, 0.1) is 0 Å². The summed E-state index contributed by atoms with van der Waals surface area (Å²) in [6, 6.07) is 0.689. The Morgan fingerprint density at radius 1 is 1.30 bits per heavy atom. The molecule has 0 aromatic heterocycles. The second kappa shape index (κ2) is 7.22. The number of carbonyl (C=O) groups excluding carboxylic acids is 1. The van der Waals surface area contributed by atoms with Crippen LogP contribution in [-0.2, 0) is 19.0 Å². The lowest BCUT2D eigenvalue weighted by molar-refractivity contribution is -0.0659. The predicted octanol–water partition coefficient (Wildman–Crippen LogP) is 2.92. The van der Waals surface area contributed by atoms with Gasteiger partial charge in [0.2, 0.25) is 0 Å². The Bertz CT molecular complexity index is 556. The molecular formula is C12H20F3NO5SSi. The van der Waals surface area contributed by atoms with Crippen molar-refractivity contribution < 1.29 is 35.3 Å². The van der Waals surface area contributed by atoms with Gasteiger partial charge in [-0.05, 0) is 6.04 Å². The third kappa shape index (κ3) is 6.15. The molecule has 0 saturated heterocycles. The van der Waals surface area contributed by atoms with Crippen molar-refractivity contribution in [3.63, 3.8) is 0 Å². The molecule has 1 amide bonds. The number of amides is 1. The van der Waals surface area contributed by atoms with E-state index in [0.717, 1.165) is 4.90 Å². The minimum atomic E-state index is -5.78. The van der Waals surface area contributed by atoms with Gasteiger partial charge in [-0.15, -0.1) is 0 Å². The zero-order valence-corrected chi connectivity index (χ0v) is 14.9. The van der Waals surface area contributed by atoms with E-state index in [0.29, 0.717) is 6.04 Å². The number of ether oxygens (including phenoxy) is 1. The first kappa shape index (κ1) is 20.0. The molecule has 1 aliphatic rings. The largest absolute Gasteiger partial charge is 0.523 e. The van der Waals surface area contributed by atoms with E-state index in [2.05, 4.69) is 23.8 Å². The van der Waals surface area contributed by atoms with Crippen LogP contribution in [0.25, 0.3) is 0 Å². The van der Waals surface area contributed by atoms with Gasteiger partial charge in [0.25, 0.3) is 0 Å². The van der Waals surface area contributed by atoms with Crippen LogP contribution in [-0.4, -0.2) is 52.4 Å². The smallest absolute Gasteiger partial charge is 0.450 e. The van der Waals surface area contributed by atoms with Gasteiger partial charge in [-0.25, -0.2) is 8.98 Å². The Hall–Kier alpha value is -1.07. The maximum atomic E-state index is 12.4. The van der Waals surface area contributed by atoms with Crippen LogP contribution in [0.1, 0.15) is 6.42 Å². The van der Waals surface area contributed by atoms with Gasteiger partial charge in [0.1, 0.15) is 0 Å². The highest BCUT2D eigenvalue weighted by Gasteiger charge is 2.49. The monoisotopic (exact) mass is 375 g/mol. The maximum Gasteiger partial charge on any atom is 0.523 e. The van der Waals surface area contributed by atoms with Crippen molar-refractivity contribution >= 4 is 24.3 Å². The standard InChI is InChI=1S/C12H20F3NO5SSi/c1-23(2,3)9-8-20-11(17)16-7-5-4-6-10(16)21-22(18,19)12(13,14)15/h4-5,10H,6-9H2,1-3H3. The van der Waals surface area contributed by atoms with Crippen LogP contribution < -0.4 is 0 Å². The van der Waals surface area contributed by atoms with Crippen LogP contribution in [0.3, 0.4) is 0 Å². The summed E-state index contributed by atoms with van der Waals surface area (Å²) in [5.41, 5.74) is -5.54. The Labute approximate surface area is 134 Å². The van der Waals surface area contributed by atoms with E-state index in [1.165, 1.54) is 12.2 Å². The molecule has 0 aromatic carbocycles. The zero-order valence-electron chi connectivity index (χ0n) is 13.1. The van der Waals surface area contributed by atoms with Crippen LogP contribution in [0.5, 0.6) is 0 Å². The Kier molecular flexibility index (Phi) is 6.27. The highest BCUT2D eigenvalue weighted by molar-refractivity contribution is 7.87. The molecule has 1 aliphatic heterocycles. The fourth-order valence-electron chi connectivity index (χ4n) is 1.66. The number of hydrogen-bond donors (Lipinski definition) is 0. The summed E-state index contributed by atoms with van der Waals surface area (Å²) in [5.74, 6) is 0. The number of rotatable bonds is 5. The van der Waals surface area contributed by atoms with Crippen molar-refractivity contribution in [2.75, 3.05) is 13.2 Å². The molecule has 0 saturated carbocycles. The average molecular weight is 375 g/mol. The first-order valence-corrected chi connectivity index (χ1v) is 12.0. The Morgan fingerprint density at radius 3 is 2.43 bits per heavy atom. The molecule has 23 heavy (non-hydrogen) atoms. The second-order valence-electron chi connectivity index (χ2n) is 6.24. The lowest BCUT2D eigenvalue weighted by Gasteiger charge is -2.31. The summed E-state index contributed by atoms with van der Waals surface area (Å²) in [7, 11) is -7.22. The van der Waals surface area contributed by atoms with Gasteiger partial charge < -0.3 is 4.74 Å². The zero-order chi connectivity index (χ0) is 17.9. The number of hydrogen-bond acceptors (Lipinski definition) is 5. The van der Waals surface area contributed by atoms with Crippen LogP contribution >= 0.6 is 0 Å². The highest BCUT2D eigenvalue weighted by Crippen LogP contribution is 2.28. The van der Waals surface area contributed by atoms with E-state index >= 15 is 0 Å². The summed E-state index contributed by atoms with van der Waals surface area (Å²) in [6.45, 7) is 6.28. The molecule has 0 bridgehead atoms. The van der Waals surface area contributed by atoms with E-state index in [1.54, 1.807) is 0 Å². The van der Waals surface area contributed by atoms with Gasteiger partial charge in [0, 0.05) is 21.0 Å². The molecule has 0 aromatic rings. The quantitative estimate of drug-likeness (QED) is 0.320. The summed E-state index contributed by atoms with van der Waals surface area (Å²) in [5, 5.41) is 0. The van der Waals surface area contributed by atoms with Gasteiger partial charge in [-0.1, -0.05) is 31.8 Å². The Morgan fingerprint density at radius 2 is 1.91 bits per heavy atom. The van der Waals surface area contributed by atoms with Gasteiger partial charge in [-0.2, -0.15) is 21.6 Å². The third-order valence-corrected chi connectivity index (χ3v) is 5.73. The molecule has 6 nitrogen and oxygen atoms in total. The number of carbonyl (C=O) groups is 1. The van der Waals surface area contributed by atoms with Crippen molar-refractivity contribution in [3.05, 3.63) is 12.2 Å². The molecule has 1 heterocycles. The average Bonchev–Trinajstić information content (AvgIpc) is 2.35. The Balaban J connectivity index is 2.72. The fourth-order valence-corrected chi connectivity index (χ4v) is 2.96. The van der Waals surface area contributed by atoms with E-state index in [1.807, 2.05) is 0 Å². The van der Waals surface area contributed by atoms with Gasteiger partial charge in [-0.3, -0.25) is 4.90 Å². The van der Waals surface area contributed by atoms with E-state index in [-0.39, 0.29) is 19.6 Å². The molecule has 1 unspecified atom stereocenters. The highest BCUT2D eigenvalue weighted by atomic mass is 32.2. The minimum Gasteiger partial charge on any atom is -0.450 e. The molecule has 11 heteroatoms. The van der Waals surface area contributed by atoms with E-state index in [9.17, 15) is 26.4 Å². The molecule has 0 aliphatic carbocycles. The molecule has 0 spiro atoms. The maximum absolute atomic E-state index is 12.4. The van der Waals surface area contributed by atoms with Crippen molar-refractivity contribution in [2.24, 2.45) is 0 Å². The van der Waals surface area contributed by atoms with Gasteiger partial charge in [0.15, 0.2) is 6.23 Å². The number of nitrogens with zero attached hydrogens (tertiary/aromatic N) is 1. The summed E-state index contributed by atoms with van der Waals surface area (Å²) in [4.78, 5) is 12.8. The van der Waals surface area contributed by atoms with Gasteiger partial charge >= 0.3 is 21.7 Å². The van der Waals surface area contributed by atoms with Crippen molar-refractivity contribution in [2.45, 2.75) is 43.8 Å². The van der Waals surface area contributed by atoms with Crippen molar-refractivity contribution in [1.29, 1.82) is 0 Å². The lowest BCUT2D eigenvalue weighted by Crippen LogP contribution is -2.46. The minimum absolute atomic E-state index is 0.0795. The molecule has 134 valence electrons.